The molecular weight excluding hydrogens is 406 g/mol. The van der Waals surface area contributed by atoms with Crippen LogP contribution in [0.3, 0.4) is 0 Å². The molecule has 0 bridgehead atoms. The van der Waals surface area contributed by atoms with Gasteiger partial charge in [0.2, 0.25) is 0 Å². The van der Waals surface area contributed by atoms with Crippen LogP contribution in [-0.2, 0) is 6.54 Å². The first-order valence-corrected chi connectivity index (χ1v) is 11.3. The second kappa shape index (κ2) is 11.5. The van der Waals surface area contributed by atoms with Gasteiger partial charge in [-0.25, -0.2) is 0 Å². The largest absolute Gasteiger partial charge is 0.302 e. The molecule has 0 unspecified atom stereocenters. The maximum absolute atomic E-state index is 12.5. The molecule has 1 heterocycles. The van der Waals surface area contributed by atoms with Gasteiger partial charge in [-0.1, -0.05) is 62.4 Å². The Morgan fingerprint density at radius 3 is 2.16 bits per heavy atom. The average Bonchev–Trinajstić information content (AvgIpc) is 3.02. The SMILES string of the molecule is CN(CCCCCCCCCN1C(=O)c2ccc([N+](=O)[O-])cc2C1=O)Cc1ccccc1. The molecule has 0 aliphatic carbocycles. The summed E-state index contributed by atoms with van der Waals surface area (Å²) in [5.41, 5.74) is 1.57. The Kier molecular flexibility index (Phi) is 8.50. The molecule has 0 fully saturated rings. The fourth-order valence-electron chi connectivity index (χ4n) is 4.11. The zero-order valence-corrected chi connectivity index (χ0v) is 18.7. The topological polar surface area (TPSA) is 83.8 Å². The molecule has 0 saturated heterocycles. The van der Waals surface area contributed by atoms with Crippen molar-refractivity contribution in [3.05, 3.63) is 75.3 Å². The van der Waals surface area contributed by atoms with Crippen molar-refractivity contribution < 1.29 is 14.5 Å². The van der Waals surface area contributed by atoms with Gasteiger partial charge in [-0.15, -0.1) is 0 Å². The minimum atomic E-state index is -0.554. The number of unbranched alkanes of at least 4 members (excludes halogenated alkanes) is 6. The molecule has 7 heteroatoms. The fraction of sp³-hybridized carbons (Fsp3) is 0.440. The Morgan fingerprint density at radius 1 is 0.844 bits per heavy atom. The number of rotatable bonds is 13. The average molecular weight is 438 g/mol. The molecule has 1 aliphatic rings. The van der Waals surface area contributed by atoms with Crippen molar-refractivity contribution in [2.45, 2.75) is 51.5 Å². The third-order valence-corrected chi connectivity index (χ3v) is 5.88. The van der Waals surface area contributed by atoms with Crippen LogP contribution in [0.15, 0.2) is 48.5 Å². The molecule has 1 aliphatic heterocycles. The van der Waals surface area contributed by atoms with E-state index in [1.807, 2.05) is 6.07 Å². The summed E-state index contributed by atoms with van der Waals surface area (Å²) in [6, 6.07) is 14.3. The summed E-state index contributed by atoms with van der Waals surface area (Å²) in [4.78, 5) is 38.8. The lowest BCUT2D eigenvalue weighted by Crippen LogP contribution is -2.30. The summed E-state index contributed by atoms with van der Waals surface area (Å²) in [5, 5.41) is 10.9. The molecule has 0 aromatic heterocycles. The number of benzene rings is 2. The number of nitro benzene ring substituents is 1. The summed E-state index contributed by atoms with van der Waals surface area (Å²) >= 11 is 0. The van der Waals surface area contributed by atoms with Gasteiger partial charge in [0.25, 0.3) is 17.5 Å². The Morgan fingerprint density at radius 2 is 1.47 bits per heavy atom. The number of carbonyl (C=O) groups is 2. The van der Waals surface area contributed by atoms with Crippen LogP contribution in [0.2, 0.25) is 0 Å². The van der Waals surface area contributed by atoms with Gasteiger partial charge in [-0.2, -0.15) is 0 Å². The lowest BCUT2D eigenvalue weighted by molar-refractivity contribution is -0.384. The number of hydrogen-bond donors (Lipinski definition) is 0. The lowest BCUT2D eigenvalue weighted by Gasteiger charge is -2.16. The standard InChI is InChI=1S/C25H31N3O4/c1-26(19-20-12-8-7-9-13-20)16-10-5-3-2-4-6-11-17-27-24(29)22-15-14-21(28(31)32)18-23(22)25(27)30/h7-9,12-15,18H,2-6,10-11,16-17,19H2,1H3. The van der Waals surface area contributed by atoms with Crippen molar-refractivity contribution in [3.8, 4) is 0 Å². The van der Waals surface area contributed by atoms with Crippen LogP contribution in [0.25, 0.3) is 0 Å². The van der Waals surface area contributed by atoms with Crippen LogP contribution in [0.4, 0.5) is 5.69 Å². The van der Waals surface area contributed by atoms with Gasteiger partial charge in [0.15, 0.2) is 0 Å². The normalized spacial score (nSPS) is 13.1. The number of nitro groups is 1. The summed E-state index contributed by atoms with van der Waals surface area (Å²) in [7, 11) is 2.16. The van der Waals surface area contributed by atoms with Gasteiger partial charge in [0.1, 0.15) is 0 Å². The number of non-ortho nitro benzene ring substituents is 1. The van der Waals surface area contributed by atoms with Crippen molar-refractivity contribution >= 4 is 17.5 Å². The molecular formula is C25H31N3O4. The highest BCUT2D eigenvalue weighted by atomic mass is 16.6. The Hall–Kier alpha value is -3.06. The zero-order chi connectivity index (χ0) is 22.9. The van der Waals surface area contributed by atoms with E-state index in [9.17, 15) is 19.7 Å². The van der Waals surface area contributed by atoms with Gasteiger partial charge >= 0.3 is 0 Å². The van der Waals surface area contributed by atoms with Gasteiger partial charge in [0, 0.05) is 25.2 Å². The van der Waals surface area contributed by atoms with Gasteiger partial charge in [0.05, 0.1) is 16.1 Å². The second-order valence-electron chi connectivity index (χ2n) is 8.45. The lowest BCUT2D eigenvalue weighted by atomic mass is 10.1. The molecule has 2 aromatic rings. The fourth-order valence-corrected chi connectivity index (χ4v) is 4.11. The maximum atomic E-state index is 12.5. The summed E-state index contributed by atoms with van der Waals surface area (Å²) in [5.74, 6) is -0.771. The minimum Gasteiger partial charge on any atom is -0.302 e. The van der Waals surface area contributed by atoms with Crippen LogP contribution >= 0.6 is 0 Å². The highest BCUT2D eigenvalue weighted by Gasteiger charge is 2.36. The van der Waals surface area contributed by atoms with Crippen LogP contribution in [0, 0.1) is 10.1 Å². The van der Waals surface area contributed by atoms with E-state index in [2.05, 4.69) is 36.2 Å². The van der Waals surface area contributed by atoms with E-state index in [0.29, 0.717) is 6.54 Å². The summed E-state index contributed by atoms with van der Waals surface area (Å²) in [6.45, 7) is 2.43. The molecule has 2 amide bonds. The van der Waals surface area contributed by atoms with Gasteiger partial charge < -0.3 is 4.90 Å². The predicted molar refractivity (Wildman–Crippen MR) is 124 cm³/mol. The Bertz CT molecular complexity index is 945. The number of fused-ring (bicyclic) bond motifs is 1. The van der Waals surface area contributed by atoms with E-state index in [0.717, 1.165) is 38.8 Å². The second-order valence-corrected chi connectivity index (χ2v) is 8.45. The molecule has 32 heavy (non-hydrogen) atoms. The number of imide groups is 1. The molecule has 2 aromatic carbocycles. The van der Waals surface area contributed by atoms with E-state index < -0.39 is 10.8 Å². The van der Waals surface area contributed by atoms with Crippen LogP contribution in [0.1, 0.15) is 71.2 Å². The highest BCUT2D eigenvalue weighted by molar-refractivity contribution is 6.21. The summed E-state index contributed by atoms with van der Waals surface area (Å²) < 4.78 is 0. The minimum absolute atomic E-state index is 0.140. The Balaban J connectivity index is 1.26. The van der Waals surface area contributed by atoms with E-state index in [-0.39, 0.29) is 22.7 Å². The monoisotopic (exact) mass is 437 g/mol. The first kappa shape index (κ1) is 23.6. The van der Waals surface area contributed by atoms with Crippen LogP contribution < -0.4 is 0 Å². The third-order valence-electron chi connectivity index (χ3n) is 5.88. The molecule has 0 spiro atoms. The number of carbonyl (C=O) groups excluding carboxylic acids is 2. The van der Waals surface area contributed by atoms with Gasteiger partial charge in [-0.3, -0.25) is 24.6 Å². The van der Waals surface area contributed by atoms with Crippen LogP contribution in [0.5, 0.6) is 0 Å². The molecule has 170 valence electrons. The number of amides is 2. The zero-order valence-electron chi connectivity index (χ0n) is 18.7. The number of nitrogens with zero attached hydrogens (tertiary/aromatic N) is 3. The van der Waals surface area contributed by atoms with Crippen molar-refractivity contribution in [1.29, 1.82) is 0 Å². The number of hydrogen-bond acceptors (Lipinski definition) is 5. The molecule has 3 rings (SSSR count). The first-order valence-electron chi connectivity index (χ1n) is 11.3. The van der Waals surface area contributed by atoms with E-state index in [1.54, 1.807) is 0 Å². The maximum Gasteiger partial charge on any atom is 0.270 e. The van der Waals surface area contributed by atoms with Crippen LogP contribution in [-0.4, -0.2) is 46.7 Å². The van der Waals surface area contributed by atoms with E-state index in [4.69, 9.17) is 0 Å². The quantitative estimate of drug-likeness (QED) is 0.189. The molecule has 0 N–H and O–H groups in total. The van der Waals surface area contributed by atoms with Gasteiger partial charge in [-0.05, 0) is 38.1 Å². The molecule has 0 radical (unpaired) electrons. The van der Waals surface area contributed by atoms with E-state index >= 15 is 0 Å². The first-order chi connectivity index (χ1) is 15.5. The molecule has 0 saturated carbocycles. The molecule has 0 atom stereocenters. The van der Waals surface area contributed by atoms with Crippen molar-refractivity contribution in [3.63, 3.8) is 0 Å². The highest BCUT2D eigenvalue weighted by Crippen LogP contribution is 2.27. The van der Waals surface area contributed by atoms with Crippen molar-refractivity contribution in [2.24, 2.45) is 0 Å². The summed E-state index contributed by atoms with van der Waals surface area (Å²) in [6.07, 6.45) is 7.52. The Labute approximate surface area is 189 Å². The smallest absolute Gasteiger partial charge is 0.270 e. The van der Waals surface area contributed by atoms with E-state index in [1.165, 1.54) is 47.9 Å². The van der Waals surface area contributed by atoms with Crippen molar-refractivity contribution in [2.75, 3.05) is 20.1 Å². The predicted octanol–water partition coefficient (Wildman–Crippen LogP) is 5.05. The third kappa shape index (κ3) is 6.23. The molecule has 7 nitrogen and oxygen atoms in total. The van der Waals surface area contributed by atoms with Crippen molar-refractivity contribution in [1.82, 2.24) is 9.80 Å².